The Bertz CT molecular complexity index is 817. The van der Waals surface area contributed by atoms with E-state index in [1.54, 1.807) is 7.11 Å². The second kappa shape index (κ2) is 10.3. The predicted octanol–water partition coefficient (Wildman–Crippen LogP) is 2.81. The molecule has 1 aliphatic heterocycles. The molecule has 160 valence electrons. The smallest absolute Gasteiger partial charge is 0.307 e. The lowest BCUT2D eigenvalue weighted by Gasteiger charge is -2.31. The molecule has 1 saturated carbocycles. The molecule has 1 fully saturated rings. The molecule has 0 N–H and O–H groups in total. The van der Waals surface area contributed by atoms with Gasteiger partial charge in [0.15, 0.2) is 5.17 Å². The van der Waals surface area contributed by atoms with Gasteiger partial charge in [0.1, 0.15) is 12.5 Å². The van der Waals surface area contributed by atoms with Gasteiger partial charge in [-0.25, -0.2) is 4.99 Å². The zero-order chi connectivity index (χ0) is 20.8. The van der Waals surface area contributed by atoms with Crippen molar-refractivity contribution >= 4 is 28.7 Å². The number of esters is 1. The van der Waals surface area contributed by atoms with Gasteiger partial charge in [-0.05, 0) is 25.2 Å². The van der Waals surface area contributed by atoms with Crippen molar-refractivity contribution in [3.63, 3.8) is 0 Å². The summed E-state index contributed by atoms with van der Waals surface area (Å²) in [6.45, 7) is 1.48. The summed E-state index contributed by atoms with van der Waals surface area (Å²) >= 11 is 1.52. The van der Waals surface area contributed by atoms with E-state index in [2.05, 4.69) is 4.74 Å². The molecular formula is C20H29N3O5S. The molecule has 0 atom stereocenters. The molecule has 1 aromatic rings. The number of methoxy groups -OCH3 is 2. The van der Waals surface area contributed by atoms with E-state index >= 15 is 0 Å². The fraction of sp³-hybridized carbons (Fsp3) is 0.650. The van der Waals surface area contributed by atoms with Crippen LogP contribution in [0, 0.1) is 0 Å². The molecule has 0 bridgehead atoms. The maximum absolute atomic E-state index is 13.1. The number of carbonyl (C=O) groups excluding carboxylic acids is 1. The molecule has 0 radical (unpaired) electrons. The van der Waals surface area contributed by atoms with Crippen LogP contribution in [0.15, 0.2) is 15.9 Å². The Hall–Kier alpha value is -1.84. The van der Waals surface area contributed by atoms with Crippen LogP contribution in [0.5, 0.6) is 0 Å². The first-order valence-corrected chi connectivity index (χ1v) is 11.1. The fourth-order valence-electron chi connectivity index (χ4n) is 3.89. The monoisotopic (exact) mass is 423 g/mol. The number of aliphatic imine (C=N–C) groups is 1. The van der Waals surface area contributed by atoms with Gasteiger partial charge in [-0.1, -0.05) is 24.6 Å². The third-order valence-electron chi connectivity index (χ3n) is 5.29. The number of aromatic nitrogens is 1. The predicted molar refractivity (Wildman–Crippen MR) is 113 cm³/mol. The summed E-state index contributed by atoms with van der Waals surface area (Å²) in [6.07, 6.45) is 6.47. The van der Waals surface area contributed by atoms with Crippen molar-refractivity contribution in [3.8, 4) is 0 Å². The first-order valence-electron chi connectivity index (χ1n) is 9.87. The van der Waals surface area contributed by atoms with Crippen LogP contribution in [0.25, 0.3) is 0 Å². The van der Waals surface area contributed by atoms with Gasteiger partial charge in [-0.15, -0.1) is 0 Å². The van der Waals surface area contributed by atoms with Gasteiger partial charge in [-0.3, -0.25) is 14.2 Å². The number of thioether (sulfide) groups is 1. The Morgan fingerprint density at radius 1 is 1.31 bits per heavy atom. The SMILES string of the molecule is COCc1cc2c(n(C3CCCC3)c1=O)N=C(SC)N(COCCC(=O)OC)C2. The van der Waals surface area contributed by atoms with Gasteiger partial charge < -0.3 is 19.1 Å². The number of hydrogen-bond donors (Lipinski definition) is 0. The molecule has 0 spiro atoms. The van der Waals surface area contributed by atoms with Crippen molar-refractivity contribution < 1.29 is 19.0 Å². The normalized spacial score (nSPS) is 16.7. The highest BCUT2D eigenvalue weighted by atomic mass is 32.2. The van der Waals surface area contributed by atoms with Gasteiger partial charge in [0.05, 0.1) is 33.3 Å². The number of hydrogen-bond acceptors (Lipinski definition) is 8. The minimum Gasteiger partial charge on any atom is -0.469 e. The van der Waals surface area contributed by atoms with Gasteiger partial charge in [0.2, 0.25) is 0 Å². The lowest BCUT2D eigenvalue weighted by atomic mass is 10.1. The zero-order valence-corrected chi connectivity index (χ0v) is 18.1. The maximum Gasteiger partial charge on any atom is 0.307 e. The minimum atomic E-state index is -0.294. The van der Waals surface area contributed by atoms with Crippen LogP contribution in [-0.2, 0) is 32.2 Å². The summed E-state index contributed by atoms with van der Waals surface area (Å²) in [4.78, 5) is 31.2. The van der Waals surface area contributed by atoms with Gasteiger partial charge >= 0.3 is 5.97 Å². The van der Waals surface area contributed by atoms with Crippen LogP contribution in [-0.4, -0.2) is 54.4 Å². The number of ether oxygens (including phenoxy) is 3. The first-order chi connectivity index (χ1) is 14.1. The molecule has 3 rings (SSSR count). The minimum absolute atomic E-state index is 0.00415. The van der Waals surface area contributed by atoms with E-state index in [0.717, 1.165) is 42.2 Å². The van der Waals surface area contributed by atoms with Gasteiger partial charge in [-0.2, -0.15) is 0 Å². The Morgan fingerprint density at radius 2 is 2.07 bits per heavy atom. The highest BCUT2D eigenvalue weighted by Gasteiger charge is 2.28. The second-order valence-corrected chi connectivity index (χ2v) is 8.00. The van der Waals surface area contributed by atoms with Crippen LogP contribution >= 0.6 is 11.8 Å². The van der Waals surface area contributed by atoms with Crippen molar-refractivity contribution in [1.82, 2.24) is 9.47 Å². The van der Waals surface area contributed by atoms with Crippen LogP contribution in [0.3, 0.4) is 0 Å². The highest BCUT2D eigenvalue weighted by molar-refractivity contribution is 8.13. The van der Waals surface area contributed by atoms with Gasteiger partial charge in [0.25, 0.3) is 5.56 Å². The van der Waals surface area contributed by atoms with Crippen LogP contribution in [0.2, 0.25) is 0 Å². The summed E-state index contributed by atoms with van der Waals surface area (Å²) in [5, 5.41) is 0.807. The molecule has 0 saturated heterocycles. The fourth-order valence-corrected chi connectivity index (χ4v) is 4.44. The third-order valence-corrected chi connectivity index (χ3v) is 6.00. The van der Waals surface area contributed by atoms with E-state index in [1.807, 2.05) is 21.8 Å². The molecular weight excluding hydrogens is 394 g/mol. The Kier molecular flexibility index (Phi) is 7.74. The average Bonchev–Trinajstić information content (AvgIpc) is 3.25. The Balaban J connectivity index is 1.87. The summed E-state index contributed by atoms with van der Waals surface area (Å²) in [5.41, 5.74) is 1.66. The zero-order valence-electron chi connectivity index (χ0n) is 17.3. The average molecular weight is 424 g/mol. The van der Waals surface area contributed by atoms with E-state index in [-0.39, 0.29) is 37.2 Å². The molecule has 2 aliphatic rings. The largest absolute Gasteiger partial charge is 0.469 e. The number of rotatable bonds is 8. The lowest BCUT2D eigenvalue weighted by Crippen LogP contribution is -2.36. The Morgan fingerprint density at radius 3 is 2.72 bits per heavy atom. The van der Waals surface area contributed by atoms with E-state index in [1.165, 1.54) is 18.9 Å². The molecule has 0 amide bonds. The number of nitrogens with zero attached hydrogens (tertiary/aromatic N) is 3. The van der Waals surface area contributed by atoms with Crippen LogP contribution in [0.4, 0.5) is 5.82 Å². The third kappa shape index (κ3) is 5.02. The van der Waals surface area contributed by atoms with Crippen LogP contribution < -0.4 is 5.56 Å². The van der Waals surface area contributed by atoms with Crippen molar-refractivity contribution in [1.29, 1.82) is 0 Å². The number of amidine groups is 1. The number of carbonyl (C=O) groups is 1. The highest BCUT2D eigenvalue weighted by Crippen LogP contribution is 2.36. The van der Waals surface area contributed by atoms with E-state index in [4.69, 9.17) is 14.5 Å². The molecule has 2 heterocycles. The number of pyridine rings is 1. The standard InChI is InChI=1S/C20H29N3O5S/c1-26-12-15-10-14-11-22(13-28-9-8-17(24)27-2)20(29-3)21-18(14)23(19(15)25)16-6-4-5-7-16/h10,16H,4-9,11-13H2,1-3H3. The maximum atomic E-state index is 13.1. The molecule has 9 heteroatoms. The summed E-state index contributed by atoms with van der Waals surface area (Å²) in [5.74, 6) is 0.467. The summed E-state index contributed by atoms with van der Waals surface area (Å²) in [7, 11) is 2.97. The molecule has 8 nitrogen and oxygen atoms in total. The molecule has 1 aromatic heterocycles. The molecule has 0 aromatic carbocycles. The van der Waals surface area contributed by atoms with Crippen molar-refractivity contribution in [3.05, 3.63) is 27.5 Å². The van der Waals surface area contributed by atoms with Gasteiger partial charge in [0, 0.05) is 24.3 Å². The van der Waals surface area contributed by atoms with E-state index in [9.17, 15) is 9.59 Å². The van der Waals surface area contributed by atoms with Crippen molar-refractivity contribution in [2.75, 3.05) is 33.8 Å². The number of fused-ring (bicyclic) bond motifs is 1. The summed E-state index contributed by atoms with van der Waals surface area (Å²) < 4.78 is 17.5. The molecule has 0 unspecified atom stereocenters. The lowest BCUT2D eigenvalue weighted by molar-refractivity contribution is -0.142. The van der Waals surface area contributed by atoms with Crippen LogP contribution in [0.1, 0.15) is 49.3 Å². The first kappa shape index (κ1) is 21.9. The van der Waals surface area contributed by atoms with Crippen molar-refractivity contribution in [2.45, 2.75) is 51.3 Å². The topological polar surface area (TPSA) is 82.4 Å². The molecule has 1 aliphatic carbocycles. The second-order valence-electron chi connectivity index (χ2n) is 7.22. The van der Waals surface area contributed by atoms with E-state index < -0.39 is 0 Å². The molecule has 29 heavy (non-hydrogen) atoms. The quantitative estimate of drug-likeness (QED) is 0.470. The summed E-state index contributed by atoms with van der Waals surface area (Å²) in [6, 6.07) is 2.11. The van der Waals surface area contributed by atoms with E-state index in [0.29, 0.717) is 18.8 Å². The Labute approximate surface area is 175 Å². The van der Waals surface area contributed by atoms with Crippen molar-refractivity contribution in [2.24, 2.45) is 4.99 Å².